The zero-order chi connectivity index (χ0) is 12.8. The number of nitrogens with two attached hydrogens (primary N) is 1. The van der Waals surface area contributed by atoms with E-state index in [9.17, 15) is 9.59 Å². The molecule has 0 spiro atoms. The van der Waals surface area contributed by atoms with Crippen molar-refractivity contribution in [1.29, 1.82) is 0 Å². The van der Waals surface area contributed by atoms with E-state index >= 15 is 0 Å². The lowest BCUT2D eigenvalue weighted by Gasteiger charge is -2.20. The van der Waals surface area contributed by atoms with Crippen LogP contribution in [0.4, 0.5) is 5.69 Å². The summed E-state index contributed by atoms with van der Waals surface area (Å²) in [5, 5.41) is 6.19. The van der Waals surface area contributed by atoms with Crippen LogP contribution in [0.25, 0.3) is 0 Å². The Kier molecular flexibility index (Phi) is 4.50. The van der Waals surface area contributed by atoms with E-state index in [-0.39, 0.29) is 23.8 Å². The largest absolute Gasteiger partial charge is 0.468 e. The fraction of sp³-hybridized carbons (Fsp3) is 0.500. The number of aromatic amines is 1. The van der Waals surface area contributed by atoms with Gasteiger partial charge in [-0.1, -0.05) is 6.92 Å². The fourth-order valence-electron chi connectivity index (χ4n) is 1.37. The summed E-state index contributed by atoms with van der Waals surface area (Å²) in [5.74, 6) is -0.822. The molecule has 0 aliphatic heterocycles. The van der Waals surface area contributed by atoms with Crippen molar-refractivity contribution in [3.8, 4) is 0 Å². The first-order chi connectivity index (χ1) is 8.10. The van der Waals surface area contributed by atoms with Gasteiger partial charge in [-0.05, 0) is 6.42 Å². The van der Waals surface area contributed by atoms with Gasteiger partial charge in [-0.2, -0.15) is 5.10 Å². The Balaban J connectivity index is 2.80. The standard InChI is InChI=1S/C10H16N4O3/c1-3-4-14(6-8(15)17-2)10(16)9-7(11)5-12-13-9/h5H,3-4,6,11H2,1-2H3,(H,12,13). The van der Waals surface area contributed by atoms with Gasteiger partial charge >= 0.3 is 5.97 Å². The zero-order valence-electron chi connectivity index (χ0n) is 9.90. The number of ether oxygens (including phenoxy) is 1. The first-order valence-electron chi connectivity index (χ1n) is 5.25. The molecule has 0 saturated heterocycles. The van der Waals surface area contributed by atoms with Gasteiger partial charge < -0.3 is 15.4 Å². The highest BCUT2D eigenvalue weighted by Crippen LogP contribution is 2.10. The van der Waals surface area contributed by atoms with Crippen molar-refractivity contribution in [2.45, 2.75) is 13.3 Å². The number of esters is 1. The molecule has 17 heavy (non-hydrogen) atoms. The molecule has 0 unspecified atom stereocenters. The number of aromatic nitrogens is 2. The number of carbonyl (C=O) groups excluding carboxylic acids is 2. The number of methoxy groups -OCH3 is 1. The summed E-state index contributed by atoms with van der Waals surface area (Å²) in [5.41, 5.74) is 6.04. The van der Waals surface area contributed by atoms with Crippen LogP contribution < -0.4 is 5.73 Å². The number of anilines is 1. The highest BCUT2D eigenvalue weighted by Gasteiger charge is 2.21. The van der Waals surface area contributed by atoms with Crippen molar-refractivity contribution < 1.29 is 14.3 Å². The number of nitrogens with one attached hydrogen (secondary N) is 1. The number of amides is 1. The molecular weight excluding hydrogens is 224 g/mol. The van der Waals surface area contributed by atoms with Gasteiger partial charge in [-0.25, -0.2) is 0 Å². The van der Waals surface area contributed by atoms with E-state index in [4.69, 9.17) is 5.73 Å². The quantitative estimate of drug-likeness (QED) is 0.706. The van der Waals surface area contributed by atoms with Crippen molar-refractivity contribution in [1.82, 2.24) is 15.1 Å². The van der Waals surface area contributed by atoms with Gasteiger partial charge in [-0.3, -0.25) is 14.7 Å². The molecule has 1 aromatic heterocycles. The summed E-state index contributed by atoms with van der Waals surface area (Å²) in [6.07, 6.45) is 2.09. The number of carbonyl (C=O) groups is 2. The zero-order valence-corrected chi connectivity index (χ0v) is 9.90. The first-order valence-corrected chi connectivity index (χ1v) is 5.25. The average molecular weight is 240 g/mol. The lowest BCUT2D eigenvalue weighted by atomic mass is 10.3. The van der Waals surface area contributed by atoms with E-state index in [1.165, 1.54) is 18.2 Å². The molecule has 0 fully saturated rings. The van der Waals surface area contributed by atoms with Crippen LogP contribution in [0.15, 0.2) is 6.20 Å². The van der Waals surface area contributed by atoms with Crippen molar-refractivity contribution in [2.24, 2.45) is 0 Å². The van der Waals surface area contributed by atoms with Gasteiger partial charge in [0.25, 0.3) is 5.91 Å². The lowest BCUT2D eigenvalue weighted by molar-refractivity contribution is -0.141. The highest BCUT2D eigenvalue weighted by atomic mass is 16.5. The lowest BCUT2D eigenvalue weighted by Crippen LogP contribution is -2.37. The third-order valence-corrected chi connectivity index (χ3v) is 2.21. The minimum absolute atomic E-state index is 0.0956. The minimum Gasteiger partial charge on any atom is -0.468 e. The van der Waals surface area contributed by atoms with E-state index < -0.39 is 5.97 Å². The van der Waals surface area contributed by atoms with Crippen LogP contribution in [0.5, 0.6) is 0 Å². The van der Waals surface area contributed by atoms with Crippen molar-refractivity contribution >= 4 is 17.6 Å². The summed E-state index contributed by atoms with van der Waals surface area (Å²) in [7, 11) is 1.28. The van der Waals surface area contributed by atoms with E-state index in [2.05, 4.69) is 14.9 Å². The first kappa shape index (κ1) is 13.0. The number of hydrogen-bond donors (Lipinski definition) is 2. The minimum atomic E-state index is -0.468. The van der Waals surface area contributed by atoms with Gasteiger partial charge in [0.2, 0.25) is 0 Å². The maximum atomic E-state index is 12.0. The topological polar surface area (TPSA) is 101 Å². The molecule has 1 amide bonds. The maximum Gasteiger partial charge on any atom is 0.325 e. The van der Waals surface area contributed by atoms with Crippen molar-refractivity contribution in [3.63, 3.8) is 0 Å². The molecule has 1 heterocycles. The second kappa shape index (κ2) is 5.88. The third kappa shape index (κ3) is 3.20. The maximum absolute atomic E-state index is 12.0. The van der Waals surface area contributed by atoms with Crippen LogP contribution in [0.1, 0.15) is 23.8 Å². The van der Waals surface area contributed by atoms with Gasteiger partial charge in [0.05, 0.1) is 19.0 Å². The Morgan fingerprint density at radius 1 is 1.59 bits per heavy atom. The van der Waals surface area contributed by atoms with Gasteiger partial charge in [0.15, 0.2) is 0 Å². The summed E-state index contributed by atoms with van der Waals surface area (Å²) in [6.45, 7) is 2.27. The normalized spacial score (nSPS) is 10.0. The van der Waals surface area contributed by atoms with Crippen LogP contribution in [0, 0.1) is 0 Å². The van der Waals surface area contributed by atoms with E-state index in [0.717, 1.165) is 6.42 Å². The van der Waals surface area contributed by atoms with Gasteiger partial charge in [0, 0.05) is 6.54 Å². The van der Waals surface area contributed by atoms with Gasteiger partial charge in [-0.15, -0.1) is 0 Å². The number of hydrogen-bond acceptors (Lipinski definition) is 5. The predicted molar refractivity (Wildman–Crippen MR) is 61.2 cm³/mol. The summed E-state index contributed by atoms with van der Waals surface area (Å²) in [6, 6.07) is 0. The smallest absolute Gasteiger partial charge is 0.325 e. The van der Waals surface area contributed by atoms with Crippen LogP contribution in [-0.4, -0.2) is 47.2 Å². The fourth-order valence-corrected chi connectivity index (χ4v) is 1.37. The molecule has 3 N–H and O–H groups in total. The highest BCUT2D eigenvalue weighted by molar-refractivity contribution is 5.98. The summed E-state index contributed by atoms with van der Waals surface area (Å²) >= 11 is 0. The summed E-state index contributed by atoms with van der Waals surface area (Å²) in [4.78, 5) is 24.6. The molecule has 0 atom stereocenters. The Hall–Kier alpha value is -2.05. The Morgan fingerprint density at radius 2 is 2.29 bits per heavy atom. The number of H-pyrrole nitrogens is 1. The molecule has 94 valence electrons. The molecule has 1 aromatic rings. The number of nitrogen functional groups attached to an aromatic ring is 1. The second-order valence-corrected chi connectivity index (χ2v) is 3.50. The molecule has 0 radical (unpaired) electrons. The predicted octanol–water partition coefficient (Wildman–Crippen LogP) is 0.0171. The Bertz CT molecular complexity index is 402. The van der Waals surface area contributed by atoms with Gasteiger partial charge in [0.1, 0.15) is 12.2 Å². The van der Waals surface area contributed by atoms with Crippen LogP contribution in [-0.2, 0) is 9.53 Å². The average Bonchev–Trinajstić information content (AvgIpc) is 2.73. The molecule has 0 aromatic carbocycles. The van der Waals surface area contributed by atoms with Crippen molar-refractivity contribution in [2.75, 3.05) is 25.9 Å². The number of nitrogens with zero attached hydrogens (tertiary/aromatic N) is 2. The number of rotatable bonds is 5. The van der Waals surface area contributed by atoms with E-state index in [1.54, 1.807) is 0 Å². The summed E-state index contributed by atoms with van der Waals surface area (Å²) < 4.78 is 4.53. The molecule has 0 aliphatic carbocycles. The Morgan fingerprint density at radius 3 is 2.76 bits per heavy atom. The monoisotopic (exact) mass is 240 g/mol. The molecule has 0 saturated carbocycles. The molecule has 0 bridgehead atoms. The van der Waals surface area contributed by atoms with Crippen LogP contribution >= 0.6 is 0 Å². The van der Waals surface area contributed by atoms with Crippen LogP contribution in [0.3, 0.4) is 0 Å². The molecule has 0 aliphatic rings. The third-order valence-electron chi connectivity index (χ3n) is 2.21. The van der Waals surface area contributed by atoms with Crippen LogP contribution in [0.2, 0.25) is 0 Å². The second-order valence-electron chi connectivity index (χ2n) is 3.50. The molecule has 7 nitrogen and oxygen atoms in total. The van der Waals surface area contributed by atoms with Crippen molar-refractivity contribution in [3.05, 3.63) is 11.9 Å². The van der Waals surface area contributed by atoms with E-state index in [1.807, 2.05) is 6.92 Å². The van der Waals surface area contributed by atoms with E-state index in [0.29, 0.717) is 6.54 Å². The SMILES string of the molecule is CCCN(CC(=O)OC)C(=O)c1[nH]ncc1N. The Labute approximate surface area is 98.9 Å². The molecular formula is C10H16N4O3. The molecule has 1 rings (SSSR count). The molecule has 7 heteroatoms.